The van der Waals surface area contributed by atoms with Gasteiger partial charge in [0.25, 0.3) is 0 Å². The van der Waals surface area contributed by atoms with Crippen molar-refractivity contribution in [2.24, 2.45) is 11.5 Å². The lowest BCUT2D eigenvalue weighted by Crippen LogP contribution is -2.45. The Balaban J connectivity index is 3.00. The normalized spacial score (nSPS) is 15.0. The maximum absolute atomic E-state index is 6.45. The zero-order valence-corrected chi connectivity index (χ0v) is 14.5. The average molecular weight is 312 g/mol. The summed E-state index contributed by atoms with van der Waals surface area (Å²) in [7, 11) is 2.31. The summed E-state index contributed by atoms with van der Waals surface area (Å²) in [5.74, 6) is 0. The second-order valence-corrected chi connectivity index (χ2v) is 8.26. The molecule has 0 aliphatic heterocycles. The summed E-state index contributed by atoms with van der Waals surface area (Å²) in [6.45, 7) is 2.48. The van der Waals surface area contributed by atoms with Gasteiger partial charge in [-0.3, -0.25) is 0 Å². The fourth-order valence-electron chi connectivity index (χ4n) is 2.51. The second kappa shape index (κ2) is 8.02. The molecule has 0 amide bonds. The van der Waals surface area contributed by atoms with Gasteiger partial charge in [-0.25, -0.2) is 0 Å². The van der Waals surface area contributed by atoms with E-state index in [0.717, 1.165) is 18.4 Å². The van der Waals surface area contributed by atoms with Gasteiger partial charge < -0.3 is 24.7 Å². The first kappa shape index (κ1) is 18.3. The quantitative estimate of drug-likeness (QED) is 0.678. The zero-order chi connectivity index (χ0) is 15.9. The number of hydrogen-bond acceptors (Lipinski definition) is 5. The molecule has 120 valence electrons. The summed E-state index contributed by atoms with van der Waals surface area (Å²) >= 11 is 0. The van der Waals surface area contributed by atoms with Gasteiger partial charge in [-0.1, -0.05) is 31.2 Å². The minimum atomic E-state index is -2.57. The molecule has 0 spiro atoms. The SMILES string of the molecule is CCC(N)(CN)c1ccccc1CC[Si](OC)(OC)OC. The molecule has 0 fully saturated rings. The van der Waals surface area contributed by atoms with Crippen molar-refractivity contribution in [1.82, 2.24) is 0 Å². The van der Waals surface area contributed by atoms with Crippen LogP contribution in [-0.4, -0.2) is 36.7 Å². The lowest BCUT2D eigenvalue weighted by Gasteiger charge is -2.30. The van der Waals surface area contributed by atoms with Crippen LogP contribution in [-0.2, 0) is 25.2 Å². The summed E-state index contributed by atoms with van der Waals surface area (Å²) in [4.78, 5) is 0. The van der Waals surface area contributed by atoms with E-state index in [2.05, 4.69) is 19.1 Å². The van der Waals surface area contributed by atoms with Gasteiger partial charge in [0.2, 0.25) is 0 Å². The van der Waals surface area contributed by atoms with Crippen molar-refractivity contribution in [3.63, 3.8) is 0 Å². The maximum atomic E-state index is 6.45. The van der Waals surface area contributed by atoms with Gasteiger partial charge in [0.05, 0.1) is 5.54 Å². The van der Waals surface area contributed by atoms with E-state index < -0.39 is 14.3 Å². The van der Waals surface area contributed by atoms with E-state index in [9.17, 15) is 0 Å². The Labute approximate surface area is 128 Å². The van der Waals surface area contributed by atoms with E-state index in [4.69, 9.17) is 24.7 Å². The highest BCUT2D eigenvalue weighted by molar-refractivity contribution is 6.60. The second-order valence-electron chi connectivity index (χ2n) is 5.17. The van der Waals surface area contributed by atoms with E-state index in [1.54, 1.807) is 21.3 Å². The van der Waals surface area contributed by atoms with Crippen LogP contribution < -0.4 is 11.5 Å². The van der Waals surface area contributed by atoms with Crippen LogP contribution in [0.5, 0.6) is 0 Å². The Morgan fingerprint density at radius 1 is 1.10 bits per heavy atom. The number of rotatable bonds is 9. The molecule has 21 heavy (non-hydrogen) atoms. The van der Waals surface area contributed by atoms with Crippen molar-refractivity contribution in [2.45, 2.75) is 31.3 Å². The fourth-order valence-corrected chi connectivity index (χ4v) is 4.20. The molecule has 1 aromatic rings. The van der Waals surface area contributed by atoms with Gasteiger partial charge in [0, 0.05) is 33.9 Å². The Morgan fingerprint density at radius 2 is 1.67 bits per heavy atom. The first-order chi connectivity index (χ1) is 10.0. The Bertz CT molecular complexity index is 426. The van der Waals surface area contributed by atoms with E-state index in [0.29, 0.717) is 12.6 Å². The molecule has 0 heterocycles. The zero-order valence-electron chi connectivity index (χ0n) is 13.5. The summed E-state index contributed by atoms with van der Waals surface area (Å²) in [6.07, 6.45) is 1.58. The van der Waals surface area contributed by atoms with Crippen LogP contribution in [0.2, 0.25) is 6.04 Å². The molecule has 0 saturated carbocycles. The van der Waals surface area contributed by atoms with Crippen molar-refractivity contribution >= 4 is 8.80 Å². The first-order valence-corrected chi connectivity index (χ1v) is 9.16. The number of aryl methyl sites for hydroxylation is 1. The van der Waals surface area contributed by atoms with E-state index >= 15 is 0 Å². The number of nitrogens with two attached hydrogens (primary N) is 2. The van der Waals surface area contributed by atoms with Gasteiger partial charge in [-0.15, -0.1) is 0 Å². The summed E-state index contributed by atoms with van der Waals surface area (Å²) in [5, 5.41) is 0. The molecule has 1 aromatic carbocycles. The van der Waals surface area contributed by atoms with Crippen LogP contribution in [0, 0.1) is 0 Å². The van der Waals surface area contributed by atoms with E-state index in [1.807, 2.05) is 12.1 Å². The molecule has 1 unspecified atom stereocenters. The molecule has 0 saturated heterocycles. The van der Waals surface area contributed by atoms with Crippen molar-refractivity contribution in [3.05, 3.63) is 35.4 Å². The third-order valence-electron chi connectivity index (χ3n) is 4.18. The molecule has 5 nitrogen and oxygen atoms in total. The summed E-state index contributed by atoms with van der Waals surface area (Å²) in [5.41, 5.74) is 14.1. The average Bonchev–Trinajstić information content (AvgIpc) is 2.56. The molecule has 0 bridgehead atoms. The maximum Gasteiger partial charge on any atom is 0.500 e. The molecule has 0 aromatic heterocycles. The fraction of sp³-hybridized carbons (Fsp3) is 0.600. The van der Waals surface area contributed by atoms with Gasteiger partial charge in [-0.05, 0) is 24.0 Å². The lowest BCUT2D eigenvalue weighted by atomic mass is 9.84. The summed E-state index contributed by atoms with van der Waals surface area (Å²) < 4.78 is 16.4. The van der Waals surface area contributed by atoms with Crippen molar-refractivity contribution in [1.29, 1.82) is 0 Å². The molecule has 0 aliphatic carbocycles. The highest BCUT2D eigenvalue weighted by atomic mass is 28.4. The number of hydrogen-bond donors (Lipinski definition) is 2. The first-order valence-electron chi connectivity index (χ1n) is 7.23. The number of benzene rings is 1. The molecule has 0 aliphatic rings. The third kappa shape index (κ3) is 4.12. The van der Waals surface area contributed by atoms with Crippen LogP contribution in [0.25, 0.3) is 0 Å². The standard InChI is InChI=1S/C15H28N2O3Si/c1-5-15(17,12-16)14-9-7-6-8-13(14)10-11-21(18-2,19-3)20-4/h6-9H,5,10-12,16-17H2,1-4H3. The highest BCUT2D eigenvalue weighted by Gasteiger charge is 2.38. The minimum Gasteiger partial charge on any atom is -0.377 e. The highest BCUT2D eigenvalue weighted by Crippen LogP contribution is 2.27. The monoisotopic (exact) mass is 312 g/mol. The van der Waals surface area contributed by atoms with Gasteiger partial charge >= 0.3 is 8.80 Å². The molecule has 0 radical (unpaired) electrons. The summed E-state index contributed by atoms with van der Waals surface area (Å²) in [6, 6.07) is 8.86. The van der Waals surface area contributed by atoms with Crippen LogP contribution in [0.15, 0.2) is 24.3 Å². The molecule has 4 N–H and O–H groups in total. The largest absolute Gasteiger partial charge is 0.500 e. The lowest BCUT2D eigenvalue weighted by molar-refractivity contribution is 0.123. The van der Waals surface area contributed by atoms with Crippen LogP contribution >= 0.6 is 0 Å². The molecule has 1 rings (SSSR count). The van der Waals surface area contributed by atoms with Crippen LogP contribution in [0.1, 0.15) is 24.5 Å². The Morgan fingerprint density at radius 3 is 2.14 bits per heavy atom. The van der Waals surface area contributed by atoms with Crippen molar-refractivity contribution in [2.75, 3.05) is 27.9 Å². The smallest absolute Gasteiger partial charge is 0.377 e. The van der Waals surface area contributed by atoms with Crippen molar-refractivity contribution < 1.29 is 13.3 Å². The van der Waals surface area contributed by atoms with E-state index in [-0.39, 0.29) is 0 Å². The predicted octanol–water partition coefficient (Wildman–Crippen LogP) is 1.63. The Hall–Kier alpha value is -0.763. The molecule has 1 atom stereocenters. The van der Waals surface area contributed by atoms with Gasteiger partial charge in [0.1, 0.15) is 0 Å². The predicted molar refractivity (Wildman–Crippen MR) is 86.9 cm³/mol. The Kier molecular flexibility index (Phi) is 6.99. The van der Waals surface area contributed by atoms with Gasteiger partial charge in [0.15, 0.2) is 0 Å². The van der Waals surface area contributed by atoms with E-state index in [1.165, 1.54) is 5.56 Å². The van der Waals surface area contributed by atoms with Crippen LogP contribution in [0.4, 0.5) is 0 Å². The topological polar surface area (TPSA) is 79.7 Å². The molecular formula is C15H28N2O3Si. The minimum absolute atomic E-state index is 0.419. The van der Waals surface area contributed by atoms with Crippen molar-refractivity contribution in [3.8, 4) is 0 Å². The molecular weight excluding hydrogens is 284 g/mol. The third-order valence-corrected chi connectivity index (χ3v) is 6.91. The molecule has 6 heteroatoms. The van der Waals surface area contributed by atoms with Gasteiger partial charge in [-0.2, -0.15) is 0 Å². The van der Waals surface area contributed by atoms with Crippen LogP contribution in [0.3, 0.4) is 0 Å².